The predicted octanol–water partition coefficient (Wildman–Crippen LogP) is 3.38. The molecule has 176 valence electrons. The third kappa shape index (κ3) is 5.50. The summed E-state index contributed by atoms with van der Waals surface area (Å²) >= 11 is 0. The number of rotatable bonds is 8. The molecule has 2 aromatic rings. The van der Waals surface area contributed by atoms with Crippen molar-refractivity contribution < 1.29 is 9.53 Å². The molecule has 0 radical (unpaired) electrons. The first-order chi connectivity index (χ1) is 16.3. The fourth-order valence-electron chi connectivity index (χ4n) is 5.26. The Morgan fingerprint density at radius 2 is 1.73 bits per heavy atom. The fraction of sp³-hybridized carbons (Fsp3) is 0.519. The highest BCUT2D eigenvalue weighted by atomic mass is 16.5. The van der Waals surface area contributed by atoms with Gasteiger partial charge in [0.1, 0.15) is 5.75 Å². The van der Waals surface area contributed by atoms with Crippen molar-refractivity contribution in [2.24, 2.45) is 0 Å². The normalized spacial score (nSPS) is 19.4. The van der Waals surface area contributed by atoms with Gasteiger partial charge in [-0.2, -0.15) is 0 Å². The second-order valence-corrected chi connectivity index (χ2v) is 9.50. The summed E-state index contributed by atoms with van der Waals surface area (Å²) in [6, 6.07) is 15.0. The third-order valence-electron chi connectivity index (χ3n) is 7.34. The molecule has 0 saturated carbocycles. The van der Waals surface area contributed by atoms with Gasteiger partial charge >= 0.3 is 0 Å². The first kappa shape index (κ1) is 22.2. The Bertz CT molecular complexity index is 932. The lowest BCUT2D eigenvalue weighted by molar-refractivity contribution is 0.0965. The van der Waals surface area contributed by atoms with E-state index in [1.54, 1.807) is 0 Å². The number of anilines is 1. The standard InChI is InChI=1S/C27H36N4O2/c32-27-26-8-5-24(19-23(26)20-29-27)31-16-14-30(15-17-31)13-1-2-18-33-25-6-3-21(4-7-25)22-9-11-28-12-10-22/h3-8,19,22,28H,1-2,9-18,20H2,(H,29,32). The zero-order valence-corrected chi connectivity index (χ0v) is 19.5. The lowest BCUT2D eigenvalue weighted by Crippen LogP contribution is -2.46. The topological polar surface area (TPSA) is 56.8 Å². The number of carbonyl (C=O) groups is 1. The van der Waals surface area contributed by atoms with Gasteiger partial charge in [-0.25, -0.2) is 0 Å². The Hall–Kier alpha value is -2.57. The van der Waals surface area contributed by atoms with E-state index in [-0.39, 0.29) is 5.91 Å². The number of piperidine rings is 1. The van der Waals surface area contributed by atoms with Crippen molar-refractivity contribution in [3.63, 3.8) is 0 Å². The van der Waals surface area contributed by atoms with Crippen LogP contribution in [0.25, 0.3) is 0 Å². The maximum absolute atomic E-state index is 11.8. The molecule has 0 atom stereocenters. The molecule has 5 rings (SSSR count). The number of hydrogen-bond donors (Lipinski definition) is 2. The molecule has 2 fully saturated rings. The molecule has 3 aliphatic rings. The summed E-state index contributed by atoms with van der Waals surface area (Å²) in [7, 11) is 0. The molecule has 6 nitrogen and oxygen atoms in total. The molecule has 0 aromatic heterocycles. The van der Waals surface area contributed by atoms with E-state index < -0.39 is 0 Å². The molecule has 2 aromatic carbocycles. The van der Waals surface area contributed by atoms with E-state index in [9.17, 15) is 4.79 Å². The number of unbranched alkanes of at least 4 members (excludes halogenated alkanes) is 1. The highest BCUT2D eigenvalue weighted by Gasteiger charge is 2.22. The second kappa shape index (κ2) is 10.6. The zero-order valence-electron chi connectivity index (χ0n) is 19.5. The Morgan fingerprint density at radius 1 is 0.939 bits per heavy atom. The van der Waals surface area contributed by atoms with Crippen LogP contribution >= 0.6 is 0 Å². The number of fused-ring (bicyclic) bond motifs is 1. The maximum Gasteiger partial charge on any atom is 0.251 e. The molecule has 1 amide bonds. The van der Waals surface area contributed by atoms with Gasteiger partial charge in [0.25, 0.3) is 5.91 Å². The van der Waals surface area contributed by atoms with E-state index in [4.69, 9.17) is 4.74 Å². The second-order valence-electron chi connectivity index (χ2n) is 9.50. The highest BCUT2D eigenvalue weighted by Crippen LogP contribution is 2.27. The maximum atomic E-state index is 11.8. The summed E-state index contributed by atoms with van der Waals surface area (Å²) < 4.78 is 5.99. The van der Waals surface area contributed by atoms with Gasteiger partial charge in [0.15, 0.2) is 0 Å². The monoisotopic (exact) mass is 448 g/mol. The van der Waals surface area contributed by atoms with E-state index in [0.717, 1.165) is 75.7 Å². The molecule has 0 spiro atoms. The van der Waals surface area contributed by atoms with E-state index in [2.05, 4.69) is 56.8 Å². The first-order valence-corrected chi connectivity index (χ1v) is 12.6. The van der Waals surface area contributed by atoms with Gasteiger partial charge in [-0.05, 0) is 92.7 Å². The van der Waals surface area contributed by atoms with Crippen LogP contribution in [0, 0.1) is 0 Å². The van der Waals surface area contributed by atoms with Gasteiger partial charge in [-0.3, -0.25) is 9.69 Å². The number of benzene rings is 2. The fourth-order valence-corrected chi connectivity index (χ4v) is 5.26. The number of carbonyl (C=O) groups excluding carboxylic acids is 1. The Morgan fingerprint density at radius 3 is 2.52 bits per heavy atom. The molecular weight excluding hydrogens is 412 g/mol. The van der Waals surface area contributed by atoms with Crippen LogP contribution in [0.4, 0.5) is 5.69 Å². The van der Waals surface area contributed by atoms with Gasteiger partial charge in [0.2, 0.25) is 0 Å². The molecule has 0 unspecified atom stereocenters. The molecule has 33 heavy (non-hydrogen) atoms. The van der Waals surface area contributed by atoms with Crippen molar-refractivity contribution in [3.05, 3.63) is 59.2 Å². The van der Waals surface area contributed by atoms with Crippen molar-refractivity contribution in [2.45, 2.75) is 38.1 Å². The first-order valence-electron chi connectivity index (χ1n) is 12.6. The van der Waals surface area contributed by atoms with Gasteiger partial charge in [0, 0.05) is 44.0 Å². The largest absolute Gasteiger partial charge is 0.494 e. The number of amides is 1. The van der Waals surface area contributed by atoms with Crippen LogP contribution < -0.4 is 20.3 Å². The number of piperazine rings is 1. The van der Waals surface area contributed by atoms with Crippen molar-refractivity contribution in [2.75, 3.05) is 57.3 Å². The smallest absolute Gasteiger partial charge is 0.251 e. The van der Waals surface area contributed by atoms with Crippen LogP contribution in [0.3, 0.4) is 0 Å². The number of nitrogens with zero attached hydrogens (tertiary/aromatic N) is 2. The van der Waals surface area contributed by atoms with Gasteiger partial charge < -0.3 is 20.3 Å². The van der Waals surface area contributed by atoms with E-state index in [1.807, 2.05) is 6.07 Å². The van der Waals surface area contributed by atoms with Crippen molar-refractivity contribution in [1.82, 2.24) is 15.5 Å². The summed E-state index contributed by atoms with van der Waals surface area (Å²) in [5.41, 5.74) is 4.65. The lowest BCUT2D eigenvalue weighted by atomic mass is 9.90. The molecule has 0 bridgehead atoms. The highest BCUT2D eigenvalue weighted by molar-refractivity contribution is 5.98. The molecular formula is C27H36N4O2. The molecule has 3 aliphatic heterocycles. The SMILES string of the molecule is O=C1NCc2cc(N3CCN(CCCCOc4ccc(C5CCNCC5)cc4)CC3)ccc21. The van der Waals surface area contributed by atoms with Crippen LogP contribution in [0.1, 0.15) is 53.1 Å². The van der Waals surface area contributed by atoms with Gasteiger partial charge in [-0.1, -0.05) is 12.1 Å². The minimum absolute atomic E-state index is 0.0552. The molecule has 6 heteroatoms. The van der Waals surface area contributed by atoms with E-state index in [1.165, 1.54) is 30.5 Å². The average molecular weight is 449 g/mol. The Kier molecular flexibility index (Phi) is 7.12. The van der Waals surface area contributed by atoms with E-state index >= 15 is 0 Å². The zero-order chi connectivity index (χ0) is 22.5. The lowest BCUT2D eigenvalue weighted by Gasteiger charge is -2.36. The van der Waals surface area contributed by atoms with Crippen molar-refractivity contribution in [3.8, 4) is 5.75 Å². The number of nitrogens with one attached hydrogen (secondary N) is 2. The summed E-state index contributed by atoms with van der Waals surface area (Å²) in [5, 5.41) is 6.34. The summed E-state index contributed by atoms with van der Waals surface area (Å²) in [6.07, 6.45) is 4.72. The summed E-state index contributed by atoms with van der Waals surface area (Å²) in [6.45, 7) is 9.11. The van der Waals surface area contributed by atoms with Crippen molar-refractivity contribution in [1.29, 1.82) is 0 Å². The van der Waals surface area contributed by atoms with Crippen LogP contribution in [-0.2, 0) is 6.54 Å². The summed E-state index contributed by atoms with van der Waals surface area (Å²) in [5.74, 6) is 1.75. The third-order valence-corrected chi connectivity index (χ3v) is 7.34. The van der Waals surface area contributed by atoms with Crippen LogP contribution in [0.5, 0.6) is 5.75 Å². The molecule has 0 aliphatic carbocycles. The number of hydrogen-bond acceptors (Lipinski definition) is 5. The van der Waals surface area contributed by atoms with Crippen molar-refractivity contribution >= 4 is 11.6 Å². The van der Waals surface area contributed by atoms with Crippen LogP contribution in [0.2, 0.25) is 0 Å². The molecule has 2 saturated heterocycles. The van der Waals surface area contributed by atoms with Gasteiger partial charge in [0.05, 0.1) is 6.61 Å². The number of ether oxygens (including phenoxy) is 1. The minimum Gasteiger partial charge on any atom is -0.494 e. The predicted molar refractivity (Wildman–Crippen MR) is 132 cm³/mol. The van der Waals surface area contributed by atoms with E-state index in [0.29, 0.717) is 12.5 Å². The minimum atomic E-state index is 0.0552. The van der Waals surface area contributed by atoms with Crippen LogP contribution in [-0.4, -0.2) is 63.2 Å². The van der Waals surface area contributed by atoms with Crippen LogP contribution in [0.15, 0.2) is 42.5 Å². The quantitative estimate of drug-likeness (QED) is 0.607. The summed E-state index contributed by atoms with van der Waals surface area (Å²) in [4.78, 5) is 16.8. The molecule has 2 N–H and O–H groups in total. The Balaban J connectivity index is 0.983. The molecule has 3 heterocycles. The average Bonchev–Trinajstić information content (AvgIpc) is 3.25. The van der Waals surface area contributed by atoms with Gasteiger partial charge in [-0.15, -0.1) is 0 Å². The Labute approximate surface area is 197 Å².